The number of hydrogen-bond acceptors (Lipinski definition) is 4. The summed E-state index contributed by atoms with van der Waals surface area (Å²) in [5.41, 5.74) is 6.98. The third-order valence-electron chi connectivity index (χ3n) is 4.79. The molecular formula is C20H24Cl2N2O3. The maximum absolute atomic E-state index is 12.7. The molecule has 0 bridgehead atoms. The first-order chi connectivity index (χ1) is 12.6. The van der Waals surface area contributed by atoms with Crippen molar-refractivity contribution >= 4 is 35.6 Å². The lowest BCUT2D eigenvalue weighted by atomic mass is 9.79. The number of rotatable bonds is 6. The Hall–Kier alpha value is -1.79. The summed E-state index contributed by atoms with van der Waals surface area (Å²) in [6.07, 6.45) is 1.29. The number of nitrogens with one attached hydrogen (secondary N) is 1. The highest BCUT2D eigenvalue weighted by molar-refractivity contribution is 6.31. The Morgan fingerprint density at radius 1 is 1.15 bits per heavy atom. The van der Waals surface area contributed by atoms with E-state index in [1.54, 1.807) is 0 Å². The van der Waals surface area contributed by atoms with Gasteiger partial charge in [0.05, 0.1) is 5.41 Å². The van der Waals surface area contributed by atoms with Crippen molar-refractivity contribution in [3.8, 4) is 5.75 Å². The Balaban J connectivity index is 0.00000261. The predicted octanol–water partition coefficient (Wildman–Crippen LogP) is 4.03. The molecule has 1 amide bonds. The first kappa shape index (κ1) is 21.5. The summed E-state index contributed by atoms with van der Waals surface area (Å²) < 4.78 is 11.1. The molecule has 1 heterocycles. The molecule has 0 aromatic heterocycles. The van der Waals surface area contributed by atoms with Gasteiger partial charge in [0, 0.05) is 36.0 Å². The molecule has 0 aliphatic carbocycles. The van der Waals surface area contributed by atoms with E-state index in [9.17, 15) is 4.79 Å². The summed E-state index contributed by atoms with van der Waals surface area (Å²) in [6, 6.07) is 14.9. The van der Waals surface area contributed by atoms with Crippen LogP contribution in [0.4, 0.5) is 5.69 Å². The monoisotopic (exact) mass is 410 g/mol. The predicted molar refractivity (Wildman–Crippen MR) is 110 cm³/mol. The second-order valence-corrected chi connectivity index (χ2v) is 6.86. The minimum absolute atomic E-state index is 0. The Morgan fingerprint density at radius 3 is 2.44 bits per heavy atom. The average molecular weight is 411 g/mol. The fourth-order valence-corrected chi connectivity index (χ4v) is 3.15. The van der Waals surface area contributed by atoms with Crippen molar-refractivity contribution in [2.24, 2.45) is 11.1 Å². The molecule has 3 rings (SSSR count). The third-order valence-corrected chi connectivity index (χ3v) is 5.16. The Bertz CT molecular complexity index is 747. The number of hydrogen-bond donors (Lipinski definition) is 2. The van der Waals surface area contributed by atoms with Crippen LogP contribution < -0.4 is 15.8 Å². The molecule has 146 valence electrons. The van der Waals surface area contributed by atoms with Crippen molar-refractivity contribution in [3.63, 3.8) is 0 Å². The molecule has 2 aromatic carbocycles. The molecule has 0 atom stereocenters. The molecule has 27 heavy (non-hydrogen) atoms. The van der Waals surface area contributed by atoms with E-state index in [0.29, 0.717) is 50.0 Å². The van der Waals surface area contributed by atoms with Crippen LogP contribution in [-0.2, 0) is 16.1 Å². The standard InChI is InChI=1S/C20H23ClN2O3.ClH/c21-18-4-2-1-3-15(18)13-26-17-7-5-16(6-8-17)23-19(24)20(14-22)9-11-25-12-10-20;/h1-8H,9-14,22H2,(H,23,24);1H. The second-order valence-electron chi connectivity index (χ2n) is 6.46. The number of nitrogens with two attached hydrogens (primary N) is 1. The minimum atomic E-state index is -0.544. The van der Waals surface area contributed by atoms with Gasteiger partial charge in [0.1, 0.15) is 12.4 Å². The van der Waals surface area contributed by atoms with Crippen LogP contribution in [0.3, 0.4) is 0 Å². The average Bonchev–Trinajstić information content (AvgIpc) is 2.69. The summed E-state index contributed by atoms with van der Waals surface area (Å²) in [6.45, 7) is 1.85. The van der Waals surface area contributed by atoms with Gasteiger partial charge in [-0.2, -0.15) is 0 Å². The first-order valence-electron chi connectivity index (χ1n) is 8.68. The quantitative estimate of drug-likeness (QED) is 0.753. The van der Waals surface area contributed by atoms with E-state index in [0.717, 1.165) is 11.3 Å². The molecule has 7 heteroatoms. The van der Waals surface area contributed by atoms with Gasteiger partial charge < -0.3 is 20.5 Å². The lowest BCUT2D eigenvalue weighted by Gasteiger charge is -2.34. The van der Waals surface area contributed by atoms with Crippen LogP contribution in [0.2, 0.25) is 5.02 Å². The number of carbonyl (C=O) groups excluding carboxylic acids is 1. The highest BCUT2D eigenvalue weighted by Crippen LogP contribution is 2.31. The number of carbonyl (C=O) groups is 1. The topological polar surface area (TPSA) is 73.6 Å². The van der Waals surface area contributed by atoms with Crippen molar-refractivity contribution in [2.75, 3.05) is 25.1 Å². The molecule has 0 unspecified atom stereocenters. The number of amides is 1. The van der Waals surface area contributed by atoms with Crippen molar-refractivity contribution < 1.29 is 14.3 Å². The van der Waals surface area contributed by atoms with Crippen molar-refractivity contribution in [1.82, 2.24) is 0 Å². The van der Waals surface area contributed by atoms with E-state index in [4.69, 9.17) is 26.8 Å². The van der Waals surface area contributed by atoms with Crippen molar-refractivity contribution in [1.29, 1.82) is 0 Å². The second kappa shape index (κ2) is 9.95. The third kappa shape index (κ3) is 5.36. The van der Waals surface area contributed by atoms with Crippen LogP contribution in [0.15, 0.2) is 48.5 Å². The maximum atomic E-state index is 12.7. The fraction of sp³-hybridized carbons (Fsp3) is 0.350. The molecule has 1 aliphatic heterocycles. The summed E-state index contributed by atoms with van der Waals surface area (Å²) in [5, 5.41) is 3.64. The van der Waals surface area contributed by atoms with Gasteiger partial charge in [0.15, 0.2) is 0 Å². The van der Waals surface area contributed by atoms with Gasteiger partial charge >= 0.3 is 0 Å². The van der Waals surface area contributed by atoms with E-state index in [1.807, 2.05) is 48.5 Å². The molecule has 0 radical (unpaired) electrons. The van der Waals surface area contributed by atoms with E-state index in [-0.39, 0.29) is 18.3 Å². The lowest BCUT2D eigenvalue weighted by Crippen LogP contribution is -2.46. The first-order valence-corrected chi connectivity index (χ1v) is 9.06. The van der Waals surface area contributed by atoms with Gasteiger partial charge in [-0.1, -0.05) is 29.8 Å². The Kier molecular flexibility index (Phi) is 7.92. The molecule has 1 aliphatic rings. The highest BCUT2D eigenvalue weighted by Gasteiger charge is 2.38. The van der Waals surface area contributed by atoms with Crippen LogP contribution in [0.5, 0.6) is 5.75 Å². The zero-order valence-electron chi connectivity index (χ0n) is 14.9. The van der Waals surface area contributed by atoms with Gasteiger partial charge in [0.25, 0.3) is 0 Å². The van der Waals surface area contributed by atoms with Crippen molar-refractivity contribution in [2.45, 2.75) is 19.4 Å². The molecule has 1 saturated heterocycles. The number of anilines is 1. The number of benzene rings is 2. The number of halogens is 2. The highest BCUT2D eigenvalue weighted by atomic mass is 35.5. The fourth-order valence-electron chi connectivity index (χ4n) is 2.96. The smallest absolute Gasteiger partial charge is 0.232 e. The minimum Gasteiger partial charge on any atom is -0.489 e. The number of ether oxygens (including phenoxy) is 2. The van der Waals surface area contributed by atoms with Gasteiger partial charge in [-0.3, -0.25) is 4.79 Å². The summed E-state index contributed by atoms with van der Waals surface area (Å²) >= 11 is 6.13. The zero-order valence-corrected chi connectivity index (χ0v) is 16.5. The van der Waals surface area contributed by atoms with Crippen LogP contribution in [0, 0.1) is 5.41 Å². The summed E-state index contributed by atoms with van der Waals surface area (Å²) in [5.74, 6) is 0.663. The SMILES string of the molecule is Cl.NCC1(C(=O)Nc2ccc(OCc3ccccc3Cl)cc2)CCOCC1. The molecular weight excluding hydrogens is 387 g/mol. The summed E-state index contributed by atoms with van der Waals surface area (Å²) in [4.78, 5) is 12.7. The molecule has 2 aromatic rings. The Labute approximate surface area is 170 Å². The molecule has 5 nitrogen and oxygen atoms in total. The molecule has 0 saturated carbocycles. The van der Waals surface area contributed by atoms with Gasteiger partial charge in [-0.05, 0) is 43.2 Å². The largest absolute Gasteiger partial charge is 0.489 e. The van der Waals surface area contributed by atoms with Gasteiger partial charge in [-0.25, -0.2) is 0 Å². The lowest BCUT2D eigenvalue weighted by molar-refractivity contribution is -0.130. The van der Waals surface area contributed by atoms with Crippen LogP contribution in [0.25, 0.3) is 0 Å². The van der Waals surface area contributed by atoms with E-state index in [2.05, 4.69) is 5.32 Å². The van der Waals surface area contributed by atoms with Gasteiger partial charge in [0.2, 0.25) is 5.91 Å². The van der Waals surface area contributed by atoms with E-state index in [1.165, 1.54) is 0 Å². The van der Waals surface area contributed by atoms with Crippen LogP contribution in [-0.4, -0.2) is 25.7 Å². The van der Waals surface area contributed by atoms with E-state index < -0.39 is 5.41 Å². The zero-order chi connectivity index (χ0) is 18.4. The molecule has 1 fully saturated rings. The maximum Gasteiger partial charge on any atom is 0.232 e. The van der Waals surface area contributed by atoms with Crippen LogP contribution in [0.1, 0.15) is 18.4 Å². The normalized spacial score (nSPS) is 15.5. The Morgan fingerprint density at radius 2 is 1.81 bits per heavy atom. The molecule has 3 N–H and O–H groups in total. The molecule has 0 spiro atoms. The van der Waals surface area contributed by atoms with Crippen LogP contribution >= 0.6 is 24.0 Å². The summed E-state index contributed by atoms with van der Waals surface area (Å²) in [7, 11) is 0. The van der Waals surface area contributed by atoms with E-state index >= 15 is 0 Å². The van der Waals surface area contributed by atoms with Gasteiger partial charge in [-0.15, -0.1) is 12.4 Å². The van der Waals surface area contributed by atoms with Crippen molar-refractivity contribution in [3.05, 3.63) is 59.1 Å².